The summed E-state index contributed by atoms with van der Waals surface area (Å²) in [6.07, 6.45) is 0. The molecule has 0 fully saturated rings. The zero-order valence-electron chi connectivity index (χ0n) is 24.1. The standard InChI is InChI=1S/C42H29PS/c44-43(32-18-3-1-4-19-32,33-20-5-2-6-21-33)34-22-13-17-31(29-34)41-37-24-9-11-26-39(37)42(40-27-12-10-25-38(40)41)36-28-14-16-30-15-7-8-23-35(30)36/h1-29H. The fourth-order valence-corrected chi connectivity index (χ4v) is 10.5. The van der Waals surface area contributed by atoms with Crippen molar-refractivity contribution in [2.75, 3.05) is 0 Å². The zero-order chi connectivity index (χ0) is 29.5. The van der Waals surface area contributed by atoms with Crippen molar-refractivity contribution in [3.8, 4) is 22.3 Å². The predicted octanol–water partition coefficient (Wildman–Crippen LogP) is 10.2. The van der Waals surface area contributed by atoms with Gasteiger partial charge in [0, 0.05) is 6.04 Å². The second-order valence-corrected chi connectivity index (χ2v) is 15.6. The molecule has 0 atom stereocenters. The van der Waals surface area contributed by atoms with Crippen LogP contribution in [-0.4, -0.2) is 0 Å². The summed E-state index contributed by atoms with van der Waals surface area (Å²) in [4.78, 5) is 0. The van der Waals surface area contributed by atoms with Crippen LogP contribution in [-0.2, 0) is 11.8 Å². The third kappa shape index (κ3) is 4.32. The number of rotatable bonds is 5. The average molecular weight is 597 g/mol. The van der Waals surface area contributed by atoms with Gasteiger partial charge in [-0.25, -0.2) is 0 Å². The van der Waals surface area contributed by atoms with E-state index in [1.54, 1.807) is 0 Å². The quantitative estimate of drug-likeness (QED) is 0.141. The highest BCUT2D eigenvalue weighted by atomic mass is 32.4. The number of hydrogen-bond donors (Lipinski definition) is 0. The van der Waals surface area contributed by atoms with Gasteiger partial charge in [0.05, 0.1) is 0 Å². The number of fused-ring (bicyclic) bond motifs is 3. The first-order chi connectivity index (χ1) is 21.7. The Hall–Kier alpha value is -4.81. The highest BCUT2D eigenvalue weighted by molar-refractivity contribution is 8.25. The normalized spacial score (nSPS) is 11.7. The maximum atomic E-state index is 6.74. The van der Waals surface area contributed by atoms with E-state index >= 15 is 0 Å². The molecule has 0 unspecified atom stereocenters. The van der Waals surface area contributed by atoms with Crippen LogP contribution in [0.5, 0.6) is 0 Å². The first kappa shape index (κ1) is 26.8. The molecule has 0 saturated heterocycles. The zero-order valence-corrected chi connectivity index (χ0v) is 25.8. The summed E-state index contributed by atoms with van der Waals surface area (Å²) < 4.78 is 0. The summed E-state index contributed by atoms with van der Waals surface area (Å²) in [6, 6.07) is 61.2. The molecule has 0 bridgehead atoms. The molecule has 0 aliphatic heterocycles. The van der Waals surface area contributed by atoms with Crippen molar-refractivity contribution in [3.63, 3.8) is 0 Å². The van der Waals surface area contributed by atoms with Gasteiger partial charge in [0.2, 0.25) is 0 Å². The van der Waals surface area contributed by atoms with Crippen molar-refractivity contribution in [1.82, 2.24) is 0 Å². The van der Waals surface area contributed by atoms with Crippen LogP contribution in [0.3, 0.4) is 0 Å². The van der Waals surface area contributed by atoms with Gasteiger partial charge in [-0.1, -0.05) is 182 Å². The van der Waals surface area contributed by atoms with Crippen LogP contribution in [0.15, 0.2) is 176 Å². The summed E-state index contributed by atoms with van der Waals surface area (Å²) in [5, 5.41) is 11.2. The lowest BCUT2D eigenvalue weighted by atomic mass is 9.85. The first-order valence-electron chi connectivity index (χ1n) is 15.0. The molecular formula is C42H29PS. The molecule has 0 N–H and O–H groups in total. The van der Waals surface area contributed by atoms with Crippen molar-refractivity contribution < 1.29 is 0 Å². The summed E-state index contributed by atoms with van der Waals surface area (Å²) in [5.41, 5.74) is 5.00. The van der Waals surface area contributed by atoms with Gasteiger partial charge >= 0.3 is 0 Å². The summed E-state index contributed by atoms with van der Waals surface area (Å²) in [5.74, 6) is 0. The third-order valence-corrected chi connectivity index (χ3v) is 13.7. The summed E-state index contributed by atoms with van der Waals surface area (Å²) in [7, 11) is 0. The fourth-order valence-electron chi connectivity index (χ4n) is 6.75. The minimum Gasteiger partial charge on any atom is -0.0826 e. The lowest BCUT2D eigenvalue weighted by Crippen LogP contribution is -2.24. The van der Waals surface area contributed by atoms with Crippen molar-refractivity contribution in [2.45, 2.75) is 0 Å². The van der Waals surface area contributed by atoms with Crippen LogP contribution in [0.25, 0.3) is 54.6 Å². The maximum absolute atomic E-state index is 6.74. The lowest BCUT2D eigenvalue weighted by molar-refractivity contribution is 1.68. The van der Waals surface area contributed by atoms with Gasteiger partial charge in [0.15, 0.2) is 0 Å². The van der Waals surface area contributed by atoms with E-state index in [1.807, 2.05) is 0 Å². The third-order valence-electron chi connectivity index (χ3n) is 8.73. The fraction of sp³-hybridized carbons (Fsp3) is 0. The van der Waals surface area contributed by atoms with Gasteiger partial charge < -0.3 is 0 Å². The predicted molar refractivity (Wildman–Crippen MR) is 196 cm³/mol. The minimum atomic E-state index is -2.30. The SMILES string of the molecule is S=P(c1ccccc1)(c1ccccc1)c1cccc(-c2c3ccccc3c(-c3cccc4ccccc34)c3ccccc23)c1. The molecule has 0 aromatic heterocycles. The van der Waals surface area contributed by atoms with E-state index in [4.69, 9.17) is 11.8 Å². The molecule has 0 saturated carbocycles. The average Bonchev–Trinajstić information content (AvgIpc) is 3.11. The Labute approximate surface area is 263 Å². The molecule has 8 aromatic rings. The highest BCUT2D eigenvalue weighted by Crippen LogP contribution is 2.47. The number of hydrogen-bond acceptors (Lipinski definition) is 1. The van der Waals surface area contributed by atoms with Gasteiger partial charge in [-0.15, -0.1) is 0 Å². The van der Waals surface area contributed by atoms with Crippen LogP contribution >= 0.6 is 6.04 Å². The van der Waals surface area contributed by atoms with Crippen LogP contribution < -0.4 is 15.9 Å². The van der Waals surface area contributed by atoms with Gasteiger partial charge in [0.1, 0.15) is 0 Å². The summed E-state index contributed by atoms with van der Waals surface area (Å²) in [6.45, 7) is 0. The topological polar surface area (TPSA) is 0 Å². The molecule has 8 rings (SSSR count). The molecule has 2 heteroatoms. The van der Waals surface area contributed by atoms with E-state index in [0.29, 0.717) is 0 Å². The molecule has 0 amide bonds. The molecule has 0 heterocycles. The van der Waals surface area contributed by atoms with E-state index in [1.165, 1.54) is 70.5 Å². The van der Waals surface area contributed by atoms with Gasteiger partial charge in [0.25, 0.3) is 0 Å². The highest BCUT2D eigenvalue weighted by Gasteiger charge is 2.26. The molecule has 44 heavy (non-hydrogen) atoms. The van der Waals surface area contributed by atoms with Crippen LogP contribution in [0.4, 0.5) is 0 Å². The molecule has 0 spiro atoms. The monoisotopic (exact) mass is 596 g/mol. The van der Waals surface area contributed by atoms with Crippen molar-refractivity contribution in [2.24, 2.45) is 0 Å². The largest absolute Gasteiger partial charge is 0.0826 e. The Morgan fingerprint density at radius 3 is 1.36 bits per heavy atom. The Kier molecular flexibility index (Phi) is 6.72. The van der Waals surface area contributed by atoms with E-state index in [0.717, 1.165) is 0 Å². The van der Waals surface area contributed by atoms with Crippen LogP contribution in [0, 0.1) is 0 Å². The van der Waals surface area contributed by atoms with Crippen molar-refractivity contribution >= 4 is 66.1 Å². The maximum Gasteiger partial charge on any atom is 0.0379 e. The van der Waals surface area contributed by atoms with Crippen molar-refractivity contribution in [1.29, 1.82) is 0 Å². The molecule has 8 aromatic carbocycles. The Balaban J connectivity index is 1.44. The number of benzene rings is 8. The minimum absolute atomic E-state index is 1.19. The van der Waals surface area contributed by atoms with Gasteiger partial charge in [-0.2, -0.15) is 0 Å². The smallest absolute Gasteiger partial charge is 0.0379 e. The summed E-state index contributed by atoms with van der Waals surface area (Å²) >= 11 is 6.74. The molecule has 0 aliphatic rings. The van der Waals surface area contributed by atoms with E-state index in [2.05, 4.69) is 176 Å². The lowest BCUT2D eigenvalue weighted by Gasteiger charge is -2.25. The van der Waals surface area contributed by atoms with Crippen LogP contribution in [0.2, 0.25) is 0 Å². The van der Waals surface area contributed by atoms with Crippen LogP contribution in [0.1, 0.15) is 0 Å². The van der Waals surface area contributed by atoms with Crippen molar-refractivity contribution in [3.05, 3.63) is 176 Å². The second kappa shape index (κ2) is 11.0. The van der Waals surface area contributed by atoms with Gasteiger partial charge in [-0.3, -0.25) is 0 Å². The molecular weight excluding hydrogens is 568 g/mol. The van der Waals surface area contributed by atoms with E-state index in [-0.39, 0.29) is 0 Å². The Bertz CT molecular complexity index is 2250. The second-order valence-electron chi connectivity index (χ2n) is 11.2. The molecule has 0 nitrogen and oxygen atoms in total. The Morgan fingerprint density at radius 2 is 0.773 bits per heavy atom. The van der Waals surface area contributed by atoms with E-state index in [9.17, 15) is 0 Å². The Morgan fingerprint density at radius 1 is 0.341 bits per heavy atom. The molecule has 0 aliphatic carbocycles. The first-order valence-corrected chi connectivity index (χ1v) is 17.8. The molecule has 0 radical (unpaired) electrons. The molecule has 208 valence electrons. The van der Waals surface area contributed by atoms with E-state index < -0.39 is 6.04 Å². The van der Waals surface area contributed by atoms with Gasteiger partial charge in [-0.05, 0) is 76.6 Å².